The molecule has 5 aromatic rings. The number of hydrogen-bond donors (Lipinski definition) is 0. The zero-order valence-electron chi connectivity index (χ0n) is 16.2. The average molecular weight is 466 g/mol. The first-order valence-electron chi connectivity index (χ1n) is 9.40. The Morgan fingerprint density at radius 3 is 2.25 bits per heavy atom. The second-order valence-electron chi connectivity index (χ2n) is 6.74. The van der Waals surface area contributed by atoms with E-state index in [-0.39, 0.29) is 16.3 Å². The van der Waals surface area contributed by atoms with Gasteiger partial charge < -0.3 is 0 Å². The van der Waals surface area contributed by atoms with Crippen molar-refractivity contribution in [2.75, 3.05) is 0 Å². The molecule has 0 radical (unpaired) electrons. The Bertz CT molecular complexity index is 1520. The highest BCUT2D eigenvalue weighted by Gasteiger charge is 2.23. The molecular formula is C22H13ClFN5O2S. The first kappa shape index (κ1) is 20.2. The van der Waals surface area contributed by atoms with Crippen LogP contribution in [0.15, 0.2) is 93.7 Å². The van der Waals surface area contributed by atoms with Crippen LogP contribution < -0.4 is 5.56 Å². The van der Waals surface area contributed by atoms with E-state index in [0.717, 1.165) is 0 Å². The molecule has 7 nitrogen and oxygen atoms in total. The average Bonchev–Trinajstić information content (AvgIpc) is 3.25. The molecule has 0 aliphatic rings. The summed E-state index contributed by atoms with van der Waals surface area (Å²) in [6.45, 7) is 0. The van der Waals surface area contributed by atoms with Gasteiger partial charge in [0.15, 0.2) is 11.2 Å². The number of benzene rings is 3. The van der Waals surface area contributed by atoms with Gasteiger partial charge in [-0.1, -0.05) is 35.0 Å². The predicted octanol–water partition coefficient (Wildman–Crippen LogP) is 3.93. The van der Waals surface area contributed by atoms with E-state index >= 15 is 0 Å². The fraction of sp³-hybridized carbons (Fsp3) is 0. The lowest BCUT2D eigenvalue weighted by Crippen LogP contribution is -2.25. The van der Waals surface area contributed by atoms with E-state index in [0.29, 0.717) is 21.3 Å². The van der Waals surface area contributed by atoms with Crippen molar-refractivity contribution in [1.82, 2.24) is 24.5 Å². The number of halogens is 2. The fourth-order valence-electron chi connectivity index (χ4n) is 3.20. The van der Waals surface area contributed by atoms with E-state index in [4.69, 9.17) is 11.6 Å². The summed E-state index contributed by atoms with van der Waals surface area (Å²) in [6.07, 6.45) is 0. The zero-order chi connectivity index (χ0) is 22.2. The zero-order valence-corrected chi connectivity index (χ0v) is 17.8. The summed E-state index contributed by atoms with van der Waals surface area (Å²) in [5, 5.41) is 8.54. The van der Waals surface area contributed by atoms with E-state index in [1.54, 1.807) is 36.4 Å². The van der Waals surface area contributed by atoms with Crippen molar-refractivity contribution in [2.45, 2.75) is 10.1 Å². The van der Waals surface area contributed by atoms with Gasteiger partial charge in [0.05, 0.1) is 11.4 Å². The molecule has 1 atom stereocenters. The van der Waals surface area contributed by atoms with Gasteiger partial charge in [0.1, 0.15) is 16.6 Å². The Hall–Kier alpha value is -3.69. The molecule has 32 heavy (non-hydrogen) atoms. The summed E-state index contributed by atoms with van der Waals surface area (Å²) in [4.78, 5) is 18.3. The minimum absolute atomic E-state index is 0.0173. The molecule has 0 amide bonds. The molecule has 2 aromatic heterocycles. The van der Waals surface area contributed by atoms with Crippen LogP contribution in [0, 0.1) is 5.82 Å². The van der Waals surface area contributed by atoms with Crippen LogP contribution in [-0.4, -0.2) is 28.8 Å². The van der Waals surface area contributed by atoms with Gasteiger partial charge in [-0.2, -0.15) is 9.67 Å². The van der Waals surface area contributed by atoms with Crippen LogP contribution in [0.1, 0.15) is 0 Å². The first-order valence-corrected chi connectivity index (χ1v) is 10.9. The normalized spacial score (nSPS) is 12.2. The number of fused-ring (bicyclic) bond motifs is 1. The first-order chi connectivity index (χ1) is 15.5. The summed E-state index contributed by atoms with van der Waals surface area (Å²) in [5.74, 6) is -0.462. The molecule has 0 aliphatic heterocycles. The number of para-hydroxylation sites is 1. The molecule has 1 unspecified atom stereocenters. The third-order valence-corrected chi connectivity index (χ3v) is 6.28. The number of hydrogen-bond acceptors (Lipinski definition) is 5. The van der Waals surface area contributed by atoms with Crippen LogP contribution in [0.3, 0.4) is 0 Å². The third kappa shape index (κ3) is 3.51. The summed E-state index contributed by atoms with van der Waals surface area (Å²) in [7, 11) is -1.90. The monoisotopic (exact) mass is 465 g/mol. The lowest BCUT2D eigenvalue weighted by atomic mass is 10.3. The van der Waals surface area contributed by atoms with Gasteiger partial charge in [-0.05, 0) is 60.7 Å². The molecule has 0 bridgehead atoms. The minimum Gasteiger partial charge on any atom is -0.266 e. The van der Waals surface area contributed by atoms with Gasteiger partial charge in [-0.25, -0.2) is 8.60 Å². The summed E-state index contributed by atoms with van der Waals surface area (Å²) in [5.41, 5.74) is 0.698. The molecule has 0 fully saturated rings. The Kier molecular flexibility index (Phi) is 5.12. The van der Waals surface area contributed by atoms with Crippen molar-refractivity contribution in [3.8, 4) is 11.4 Å². The lowest BCUT2D eigenvalue weighted by Gasteiger charge is -2.12. The van der Waals surface area contributed by atoms with Gasteiger partial charge >= 0.3 is 0 Å². The Morgan fingerprint density at radius 2 is 1.56 bits per heavy atom. The summed E-state index contributed by atoms with van der Waals surface area (Å²) < 4.78 is 29.5. The molecule has 0 saturated carbocycles. The molecule has 0 N–H and O–H groups in total. The maximum Gasteiger partial charge on any atom is 0.289 e. The highest BCUT2D eigenvalue weighted by Crippen LogP contribution is 2.22. The molecule has 10 heteroatoms. The van der Waals surface area contributed by atoms with E-state index < -0.39 is 22.2 Å². The summed E-state index contributed by atoms with van der Waals surface area (Å²) >= 11 is 5.99. The van der Waals surface area contributed by atoms with Crippen LogP contribution in [0.2, 0.25) is 5.02 Å². The Morgan fingerprint density at radius 1 is 0.875 bits per heavy atom. The SMILES string of the molecule is O=c1c2nnn(-c3ccccc3)c2nc(S(=O)c2ccc(F)cc2)n1-c1ccc(Cl)cc1. The molecule has 0 saturated heterocycles. The van der Waals surface area contributed by atoms with E-state index in [1.807, 2.05) is 18.2 Å². The summed E-state index contributed by atoms with van der Waals surface area (Å²) in [6, 6.07) is 20.7. The standard InChI is InChI=1S/C22H13ClFN5O2S/c23-14-6-10-16(11-7-14)28-21(30)19-20(29(27-26-19)17-4-2-1-3-5-17)25-22(28)32(31)18-12-8-15(24)9-13-18/h1-13H. The van der Waals surface area contributed by atoms with Crippen LogP contribution in [0.25, 0.3) is 22.5 Å². The second kappa shape index (κ2) is 8.10. The largest absolute Gasteiger partial charge is 0.289 e. The van der Waals surface area contributed by atoms with Crippen molar-refractivity contribution in [3.05, 3.63) is 100 Å². The molecule has 2 heterocycles. The van der Waals surface area contributed by atoms with Crippen molar-refractivity contribution < 1.29 is 8.60 Å². The highest BCUT2D eigenvalue weighted by atomic mass is 35.5. The van der Waals surface area contributed by atoms with Gasteiger partial charge in [-0.3, -0.25) is 9.36 Å². The van der Waals surface area contributed by atoms with Crippen molar-refractivity contribution >= 4 is 33.6 Å². The predicted molar refractivity (Wildman–Crippen MR) is 118 cm³/mol. The van der Waals surface area contributed by atoms with Crippen LogP contribution in [0.5, 0.6) is 0 Å². The highest BCUT2D eigenvalue weighted by molar-refractivity contribution is 7.85. The second-order valence-corrected chi connectivity index (χ2v) is 8.55. The Labute approximate surface area is 188 Å². The quantitative estimate of drug-likeness (QED) is 0.376. The van der Waals surface area contributed by atoms with Gasteiger partial charge in [0.2, 0.25) is 5.16 Å². The lowest BCUT2D eigenvalue weighted by molar-refractivity contribution is 0.626. The van der Waals surface area contributed by atoms with Crippen LogP contribution >= 0.6 is 11.6 Å². The van der Waals surface area contributed by atoms with E-state index in [1.165, 1.54) is 33.5 Å². The minimum atomic E-state index is -1.90. The van der Waals surface area contributed by atoms with Gasteiger partial charge in [-0.15, -0.1) is 5.10 Å². The van der Waals surface area contributed by atoms with Gasteiger partial charge in [0.25, 0.3) is 5.56 Å². The molecule has 5 rings (SSSR count). The van der Waals surface area contributed by atoms with Crippen LogP contribution in [0.4, 0.5) is 4.39 Å². The maximum atomic E-state index is 13.5. The maximum absolute atomic E-state index is 13.5. The number of rotatable bonds is 4. The topological polar surface area (TPSA) is 82.7 Å². The molecular weight excluding hydrogens is 453 g/mol. The van der Waals surface area contributed by atoms with Gasteiger partial charge in [0, 0.05) is 9.92 Å². The van der Waals surface area contributed by atoms with E-state index in [9.17, 15) is 13.4 Å². The Balaban J connectivity index is 1.81. The van der Waals surface area contributed by atoms with Crippen LogP contribution in [-0.2, 0) is 10.8 Å². The van der Waals surface area contributed by atoms with Crippen molar-refractivity contribution in [1.29, 1.82) is 0 Å². The third-order valence-electron chi connectivity index (χ3n) is 4.72. The molecule has 0 spiro atoms. The molecule has 3 aromatic carbocycles. The van der Waals surface area contributed by atoms with E-state index in [2.05, 4.69) is 15.3 Å². The number of nitrogens with zero attached hydrogens (tertiary/aromatic N) is 5. The molecule has 158 valence electrons. The fourth-order valence-corrected chi connectivity index (χ4v) is 4.44. The van der Waals surface area contributed by atoms with Crippen molar-refractivity contribution in [2.24, 2.45) is 0 Å². The van der Waals surface area contributed by atoms with Crippen molar-refractivity contribution in [3.63, 3.8) is 0 Å². The number of aromatic nitrogens is 5. The smallest absolute Gasteiger partial charge is 0.266 e. The molecule has 0 aliphatic carbocycles.